The number of rotatable bonds is 5. The maximum absolute atomic E-state index is 12.2. The van der Waals surface area contributed by atoms with Gasteiger partial charge in [0, 0.05) is 0 Å². The Morgan fingerprint density at radius 2 is 1.92 bits per heavy atom. The summed E-state index contributed by atoms with van der Waals surface area (Å²) in [5.74, 6) is 0. The highest BCUT2D eigenvalue weighted by atomic mass is 19.3. The van der Waals surface area contributed by atoms with Gasteiger partial charge in [-0.05, 0) is 32.3 Å². The molecule has 13 heavy (non-hydrogen) atoms. The molecule has 1 N–H and O–H groups in total. The Balaban J connectivity index is 3.98. The third-order valence-corrected chi connectivity index (χ3v) is 1.62. The standard InChI is InChI=1S/C10H16F2O/c1-8(2)4-3-5-9(6-7-13)10(11)12/h4,6,10,13H,3,5,7H2,1-2H3/b9-6-. The molecule has 0 spiro atoms. The van der Waals surface area contributed by atoms with Crippen LogP contribution in [0.15, 0.2) is 23.3 Å². The summed E-state index contributed by atoms with van der Waals surface area (Å²) in [6.45, 7) is 3.55. The van der Waals surface area contributed by atoms with Crippen molar-refractivity contribution in [3.05, 3.63) is 23.3 Å². The molecule has 0 aromatic heterocycles. The Hall–Kier alpha value is -0.700. The molecule has 1 nitrogen and oxygen atoms in total. The zero-order valence-electron chi connectivity index (χ0n) is 8.06. The van der Waals surface area contributed by atoms with Crippen molar-refractivity contribution in [1.29, 1.82) is 0 Å². The largest absolute Gasteiger partial charge is 0.392 e. The van der Waals surface area contributed by atoms with Gasteiger partial charge in [0.1, 0.15) is 0 Å². The van der Waals surface area contributed by atoms with Crippen LogP contribution in [0.4, 0.5) is 8.78 Å². The number of alkyl halides is 2. The van der Waals surface area contributed by atoms with Crippen molar-refractivity contribution in [3.8, 4) is 0 Å². The third kappa shape index (κ3) is 6.46. The Morgan fingerprint density at radius 1 is 1.31 bits per heavy atom. The van der Waals surface area contributed by atoms with Crippen molar-refractivity contribution in [2.45, 2.75) is 33.1 Å². The first-order valence-corrected chi connectivity index (χ1v) is 4.29. The molecule has 0 bridgehead atoms. The Labute approximate surface area is 77.8 Å². The third-order valence-electron chi connectivity index (χ3n) is 1.62. The van der Waals surface area contributed by atoms with Crippen LogP contribution in [0.3, 0.4) is 0 Å². The lowest BCUT2D eigenvalue weighted by molar-refractivity contribution is 0.183. The van der Waals surface area contributed by atoms with Gasteiger partial charge in [-0.1, -0.05) is 17.7 Å². The summed E-state index contributed by atoms with van der Waals surface area (Å²) in [6, 6.07) is 0. The van der Waals surface area contributed by atoms with Gasteiger partial charge in [-0.2, -0.15) is 0 Å². The monoisotopic (exact) mass is 190 g/mol. The van der Waals surface area contributed by atoms with E-state index >= 15 is 0 Å². The number of allylic oxidation sites excluding steroid dienone is 3. The summed E-state index contributed by atoms with van der Waals surface area (Å²) in [6.07, 6.45) is 1.58. The highest BCUT2D eigenvalue weighted by molar-refractivity contribution is 5.07. The smallest absolute Gasteiger partial charge is 0.260 e. The fourth-order valence-electron chi connectivity index (χ4n) is 0.945. The molecule has 0 unspecified atom stereocenters. The summed E-state index contributed by atoms with van der Waals surface area (Å²) < 4.78 is 24.4. The summed E-state index contributed by atoms with van der Waals surface area (Å²) in [5, 5.41) is 8.47. The summed E-state index contributed by atoms with van der Waals surface area (Å²) >= 11 is 0. The molecule has 0 amide bonds. The molecular weight excluding hydrogens is 174 g/mol. The van der Waals surface area contributed by atoms with E-state index in [1.807, 2.05) is 19.9 Å². The fraction of sp³-hybridized carbons (Fsp3) is 0.600. The van der Waals surface area contributed by atoms with E-state index in [2.05, 4.69) is 0 Å². The first kappa shape index (κ1) is 12.3. The lowest BCUT2D eigenvalue weighted by Gasteiger charge is -2.03. The Morgan fingerprint density at radius 3 is 2.31 bits per heavy atom. The SMILES string of the molecule is CC(C)=CCC/C(=C/CO)C(F)F. The van der Waals surface area contributed by atoms with Crippen LogP contribution >= 0.6 is 0 Å². The second-order valence-corrected chi connectivity index (χ2v) is 3.08. The topological polar surface area (TPSA) is 20.2 Å². The van der Waals surface area contributed by atoms with Gasteiger partial charge in [0.05, 0.1) is 6.61 Å². The maximum Gasteiger partial charge on any atom is 0.260 e. The van der Waals surface area contributed by atoms with Gasteiger partial charge in [0.15, 0.2) is 0 Å². The van der Waals surface area contributed by atoms with E-state index in [1.165, 1.54) is 6.08 Å². The average Bonchev–Trinajstić information content (AvgIpc) is 2.02. The molecule has 0 aromatic carbocycles. The van der Waals surface area contributed by atoms with E-state index in [1.54, 1.807) is 0 Å². The second-order valence-electron chi connectivity index (χ2n) is 3.08. The number of halogens is 2. The van der Waals surface area contributed by atoms with E-state index in [-0.39, 0.29) is 12.2 Å². The molecular formula is C10H16F2O. The highest BCUT2D eigenvalue weighted by Gasteiger charge is 2.08. The van der Waals surface area contributed by atoms with Crippen LogP contribution in [0, 0.1) is 0 Å². The number of aliphatic hydroxyl groups excluding tert-OH is 1. The van der Waals surface area contributed by atoms with Crippen molar-refractivity contribution >= 4 is 0 Å². The first-order chi connectivity index (χ1) is 6.07. The Bertz CT molecular complexity index is 191. The molecule has 0 aliphatic rings. The van der Waals surface area contributed by atoms with Gasteiger partial charge in [-0.15, -0.1) is 0 Å². The predicted molar refractivity (Wildman–Crippen MR) is 49.8 cm³/mol. The highest BCUT2D eigenvalue weighted by Crippen LogP contribution is 2.15. The minimum Gasteiger partial charge on any atom is -0.392 e. The van der Waals surface area contributed by atoms with Gasteiger partial charge in [0.2, 0.25) is 0 Å². The molecule has 0 heterocycles. The molecule has 0 rings (SSSR count). The van der Waals surface area contributed by atoms with Crippen molar-refractivity contribution in [2.24, 2.45) is 0 Å². The van der Waals surface area contributed by atoms with Crippen molar-refractivity contribution in [1.82, 2.24) is 0 Å². The summed E-state index contributed by atoms with van der Waals surface area (Å²) in [7, 11) is 0. The van der Waals surface area contributed by atoms with Gasteiger partial charge in [-0.3, -0.25) is 0 Å². The van der Waals surface area contributed by atoms with Crippen LogP contribution in [-0.4, -0.2) is 18.1 Å². The molecule has 0 fully saturated rings. The lowest BCUT2D eigenvalue weighted by atomic mass is 10.1. The maximum atomic E-state index is 12.2. The molecule has 0 saturated carbocycles. The molecule has 0 aromatic rings. The second kappa shape index (κ2) is 6.78. The molecule has 0 aliphatic heterocycles. The summed E-state index contributed by atoms with van der Waals surface area (Å²) in [4.78, 5) is 0. The number of aliphatic hydroxyl groups is 1. The van der Waals surface area contributed by atoms with Crippen LogP contribution in [0.25, 0.3) is 0 Å². The Kier molecular flexibility index (Phi) is 6.41. The van der Waals surface area contributed by atoms with Crippen LogP contribution in [0.5, 0.6) is 0 Å². The minimum absolute atomic E-state index is 0.0278. The van der Waals surface area contributed by atoms with E-state index in [9.17, 15) is 8.78 Å². The van der Waals surface area contributed by atoms with E-state index < -0.39 is 6.43 Å². The zero-order chi connectivity index (χ0) is 10.3. The minimum atomic E-state index is -2.45. The number of hydrogen-bond donors (Lipinski definition) is 1. The van der Waals surface area contributed by atoms with E-state index in [0.29, 0.717) is 12.8 Å². The van der Waals surface area contributed by atoms with Crippen molar-refractivity contribution in [3.63, 3.8) is 0 Å². The number of hydrogen-bond acceptors (Lipinski definition) is 1. The average molecular weight is 190 g/mol. The molecule has 3 heteroatoms. The van der Waals surface area contributed by atoms with Crippen LogP contribution < -0.4 is 0 Å². The van der Waals surface area contributed by atoms with E-state index in [4.69, 9.17) is 5.11 Å². The molecule has 0 aliphatic carbocycles. The zero-order valence-corrected chi connectivity index (χ0v) is 8.06. The first-order valence-electron chi connectivity index (χ1n) is 4.29. The molecule has 76 valence electrons. The van der Waals surface area contributed by atoms with Crippen LogP contribution in [0.1, 0.15) is 26.7 Å². The molecule has 0 radical (unpaired) electrons. The predicted octanol–water partition coefficient (Wildman–Crippen LogP) is 2.92. The van der Waals surface area contributed by atoms with Gasteiger partial charge in [-0.25, -0.2) is 8.78 Å². The van der Waals surface area contributed by atoms with Crippen molar-refractivity contribution < 1.29 is 13.9 Å². The van der Waals surface area contributed by atoms with Crippen LogP contribution in [0.2, 0.25) is 0 Å². The van der Waals surface area contributed by atoms with Gasteiger partial charge < -0.3 is 5.11 Å². The fourth-order valence-corrected chi connectivity index (χ4v) is 0.945. The van der Waals surface area contributed by atoms with Gasteiger partial charge in [0.25, 0.3) is 6.43 Å². The van der Waals surface area contributed by atoms with E-state index in [0.717, 1.165) is 5.57 Å². The summed E-state index contributed by atoms with van der Waals surface area (Å²) in [5.41, 5.74) is 1.15. The van der Waals surface area contributed by atoms with Crippen LogP contribution in [-0.2, 0) is 0 Å². The van der Waals surface area contributed by atoms with Crippen molar-refractivity contribution in [2.75, 3.05) is 6.61 Å². The molecule has 0 atom stereocenters. The quantitative estimate of drug-likeness (QED) is 0.661. The normalized spacial score (nSPS) is 12.0. The molecule has 0 saturated heterocycles. The lowest BCUT2D eigenvalue weighted by Crippen LogP contribution is -1.98. The van der Waals surface area contributed by atoms with Gasteiger partial charge >= 0.3 is 0 Å².